The highest BCUT2D eigenvalue weighted by Crippen LogP contribution is 2.33. The Balaban J connectivity index is 0.00000169. The van der Waals surface area contributed by atoms with Crippen LogP contribution in [0.1, 0.15) is 11.1 Å². The topological polar surface area (TPSA) is 24.4 Å². The van der Waals surface area contributed by atoms with Crippen molar-refractivity contribution >= 4 is 52.3 Å². The van der Waals surface area contributed by atoms with Crippen LogP contribution in [0.15, 0.2) is 76.8 Å². The maximum Gasteiger partial charge on any atom is 0.0970 e. The fourth-order valence-electron chi connectivity index (χ4n) is 2.53. The molecule has 2 aliphatic rings. The molecule has 0 saturated carbocycles. The van der Waals surface area contributed by atoms with Crippen LogP contribution in [0, 0.1) is 0 Å². The molecule has 0 aromatic heterocycles. The highest BCUT2D eigenvalue weighted by molar-refractivity contribution is 8.13. The van der Waals surface area contributed by atoms with Gasteiger partial charge >= 0.3 is 0 Å². The van der Waals surface area contributed by atoms with Crippen molar-refractivity contribution < 1.29 is 0 Å². The van der Waals surface area contributed by atoms with E-state index in [1.54, 1.807) is 11.8 Å². The quantitative estimate of drug-likeness (QED) is 0.684. The molecular formula is C19H17ClN2S2. The predicted molar refractivity (Wildman–Crippen MR) is 111 cm³/mol. The van der Waals surface area contributed by atoms with Crippen LogP contribution in [-0.4, -0.2) is 5.04 Å². The minimum absolute atomic E-state index is 0. The Kier molecular flexibility index (Phi) is 5.72. The Morgan fingerprint density at radius 3 is 2.58 bits per heavy atom. The molecular weight excluding hydrogens is 356 g/mol. The van der Waals surface area contributed by atoms with E-state index in [0.29, 0.717) is 0 Å². The van der Waals surface area contributed by atoms with Crippen molar-refractivity contribution in [2.24, 2.45) is 4.99 Å². The van der Waals surface area contributed by atoms with Crippen LogP contribution < -0.4 is 5.32 Å². The van der Waals surface area contributed by atoms with E-state index in [0.717, 1.165) is 22.2 Å². The number of benzene rings is 2. The van der Waals surface area contributed by atoms with Gasteiger partial charge in [0.2, 0.25) is 0 Å². The molecule has 24 heavy (non-hydrogen) atoms. The molecule has 0 radical (unpaired) electrons. The van der Waals surface area contributed by atoms with Gasteiger partial charge in [-0.15, -0.1) is 35.9 Å². The largest absolute Gasteiger partial charge is 0.350 e. The van der Waals surface area contributed by atoms with Crippen LogP contribution in [0.5, 0.6) is 0 Å². The van der Waals surface area contributed by atoms with Gasteiger partial charge in [-0.3, -0.25) is 0 Å². The zero-order valence-corrected chi connectivity index (χ0v) is 15.4. The molecule has 0 saturated heterocycles. The number of rotatable bonds is 2. The Morgan fingerprint density at radius 2 is 1.67 bits per heavy atom. The summed E-state index contributed by atoms with van der Waals surface area (Å²) < 4.78 is 0. The number of fused-ring (bicyclic) bond motifs is 2. The third-order valence-electron chi connectivity index (χ3n) is 3.74. The Morgan fingerprint density at radius 1 is 0.917 bits per heavy atom. The van der Waals surface area contributed by atoms with Crippen molar-refractivity contribution in [1.82, 2.24) is 0 Å². The molecule has 2 heterocycles. The second kappa shape index (κ2) is 7.97. The van der Waals surface area contributed by atoms with Crippen LogP contribution >= 0.6 is 35.9 Å². The molecule has 2 nitrogen and oxygen atoms in total. The number of halogens is 1. The molecule has 4 rings (SSSR count). The maximum atomic E-state index is 4.70. The molecule has 1 N–H and O–H groups in total. The van der Waals surface area contributed by atoms with E-state index < -0.39 is 0 Å². The van der Waals surface area contributed by atoms with E-state index in [2.05, 4.69) is 66.0 Å². The van der Waals surface area contributed by atoms with E-state index in [1.165, 1.54) is 21.8 Å². The third kappa shape index (κ3) is 3.89. The summed E-state index contributed by atoms with van der Waals surface area (Å²) in [5, 5.41) is 5.73. The van der Waals surface area contributed by atoms with Gasteiger partial charge < -0.3 is 5.32 Å². The molecule has 0 spiro atoms. The molecule has 0 amide bonds. The lowest BCUT2D eigenvalue weighted by molar-refractivity contribution is 1.35. The molecule has 0 aliphatic carbocycles. The molecule has 5 heteroatoms. The van der Waals surface area contributed by atoms with Crippen molar-refractivity contribution in [3.05, 3.63) is 82.9 Å². The summed E-state index contributed by atoms with van der Waals surface area (Å²) in [7, 11) is 0. The standard InChI is InChI=1S/C19H16N2S2.ClH/c1-3-8-16-14(6-1)12-22-18(20-16)10-5-11-19-21-17-9-4-2-7-15(17)13-23-19;/h1-11,20H,12-13H2;1H/b11-5+,18-10-;. The van der Waals surface area contributed by atoms with Gasteiger partial charge in [-0.25, -0.2) is 4.99 Å². The lowest BCUT2D eigenvalue weighted by Crippen LogP contribution is -2.04. The average molecular weight is 373 g/mol. The van der Waals surface area contributed by atoms with Gasteiger partial charge in [-0.1, -0.05) is 42.5 Å². The fourth-order valence-corrected chi connectivity index (χ4v) is 4.33. The molecule has 2 aliphatic heterocycles. The monoisotopic (exact) mass is 372 g/mol. The number of nitrogens with zero attached hydrogens (tertiary/aromatic N) is 1. The number of hydrogen-bond acceptors (Lipinski definition) is 4. The third-order valence-corrected chi connectivity index (χ3v) is 5.73. The van der Waals surface area contributed by atoms with Crippen molar-refractivity contribution in [2.75, 3.05) is 5.32 Å². The number of aliphatic imine (C=N–C) groups is 1. The summed E-state index contributed by atoms with van der Waals surface area (Å²) in [6.07, 6.45) is 6.31. The molecule has 0 fully saturated rings. The van der Waals surface area contributed by atoms with E-state index in [9.17, 15) is 0 Å². The smallest absolute Gasteiger partial charge is 0.0970 e. The van der Waals surface area contributed by atoms with Gasteiger partial charge in [0.1, 0.15) is 0 Å². The molecule has 0 unspecified atom stereocenters. The van der Waals surface area contributed by atoms with Crippen LogP contribution in [0.2, 0.25) is 0 Å². The number of thioether (sulfide) groups is 2. The van der Waals surface area contributed by atoms with Crippen LogP contribution in [0.25, 0.3) is 0 Å². The van der Waals surface area contributed by atoms with E-state index in [4.69, 9.17) is 4.99 Å². The Bertz CT molecular complexity index is 828. The Hall–Kier alpha value is -1.62. The van der Waals surface area contributed by atoms with Crippen molar-refractivity contribution in [1.29, 1.82) is 0 Å². The number of hydrogen-bond donors (Lipinski definition) is 1. The number of nitrogens with one attached hydrogen (secondary N) is 1. The van der Waals surface area contributed by atoms with Gasteiger partial charge in [0.05, 0.1) is 15.8 Å². The van der Waals surface area contributed by atoms with Gasteiger partial charge in [-0.05, 0) is 35.4 Å². The highest BCUT2D eigenvalue weighted by atomic mass is 35.5. The van der Waals surface area contributed by atoms with E-state index in [-0.39, 0.29) is 12.4 Å². The fraction of sp³-hybridized carbons (Fsp3) is 0.105. The number of para-hydroxylation sites is 2. The van der Waals surface area contributed by atoms with Crippen molar-refractivity contribution in [2.45, 2.75) is 11.5 Å². The van der Waals surface area contributed by atoms with Gasteiger partial charge in [0.15, 0.2) is 0 Å². The number of allylic oxidation sites excluding steroid dienone is 2. The summed E-state index contributed by atoms with van der Waals surface area (Å²) >= 11 is 3.62. The second-order valence-electron chi connectivity index (χ2n) is 5.33. The zero-order chi connectivity index (χ0) is 15.5. The summed E-state index contributed by atoms with van der Waals surface area (Å²) in [4.78, 5) is 4.70. The normalized spacial score (nSPS) is 17.5. The first kappa shape index (κ1) is 17.2. The van der Waals surface area contributed by atoms with Crippen LogP contribution in [-0.2, 0) is 11.5 Å². The summed E-state index contributed by atoms with van der Waals surface area (Å²) in [5.41, 5.74) is 4.98. The first-order valence-electron chi connectivity index (χ1n) is 7.54. The molecule has 122 valence electrons. The highest BCUT2D eigenvalue weighted by Gasteiger charge is 2.11. The molecule has 0 bridgehead atoms. The molecule has 2 aromatic rings. The average Bonchev–Trinajstić information content (AvgIpc) is 2.61. The van der Waals surface area contributed by atoms with Crippen molar-refractivity contribution in [3.63, 3.8) is 0 Å². The summed E-state index contributed by atoms with van der Waals surface area (Å²) in [6.45, 7) is 0. The summed E-state index contributed by atoms with van der Waals surface area (Å²) in [5.74, 6) is 2.02. The van der Waals surface area contributed by atoms with Crippen molar-refractivity contribution in [3.8, 4) is 0 Å². The van der Waals surface area contributed by atoms with Crippen LogP contribution in [0.3, 0.4) is 0 Å². The molecule has 0 atom stereocenters. The first-order valence-corrected chi connectivity index (χ1v) is 9.51. The lowest BCUT2D eigenvalue weighted by atomic mass is 10.2. The Labute approximate surface area is 156 Å². The van der Waals surface area contributed by atoms with Gasteiger partial charge in [0, 0.05) is 17.2 Å². The van der Waals surface area contributed by atoms with E-state index in [1.807, 2.05) is 17.8 Å². The predicted octanol–water partition coefficient (Wildman–Crippen LogP) is 6.14. The zero-order valence-electron chi connectivity index (χ0n) is 12.9. The number of anilines is 1. The lowest BCUT2D eigenvalue weighted by Gasteiger charge is -2.19. The second-order valence-corrected chi connectivity index (χ2v) is 7.34. The van der Waals surface area contributed by atoms with Gasteiger partial charge in [0.25, 0.3) is 0 Å². The maximum absolute atomic E-state index is 4.70. The SMILES string of the molecule is C(/C=C/C1=Nc2ccccc2CS1)=C1\Nc2ccccc2CS1.Cl. The minimum Gasteiger partial charge on any atom is -0.350 e. The van der Waals surface area contributed by atoms with E-state index >= 15 is 0 Å². The minimum atomic E-state index is 0. The first-order chi connectivity index (χ1) is 11.4. The molecule has 2 aromatic carbocycles. The van der Waals surface area contributed by atoms with Crippen LogP contribution in [0.4, 0.5) is 11.4 Å². The van der Waals surface area contributed by atoms with Gasteiger partial charge in [-0.2, -0.15) is 0 Å². The summed E-state index contributed by atoms with van der Waals surface area (Å²) in [6, 6.07) is 16.8.